The van der Waals surface area contributed by atoms with Crippen LogP contribution in [0.3, 0.4) is 0 Å². The number of hydrogen-bond acceptors (Lipinski definition) is 3. The minimum Gasteiger partial charge on any atom is -0.359 e. The molecule has 5 heteroatoms. The van der Waals surface area contributed by atoms with E-state index in [1.807, 2.05) is 18.2 Å². The zero-order valence-electron chi connectivity index (χ0n) is 10.9. The molecule has 0 aliphatic rings. The van der Waals surface area contributed by atoms with Gasteiger partial charge >= 0.3 is 0 Å². The van der Waals surface area contributed by atoms with E-state index >= 15 is 0 Å². The molecule has 0 radical (unpaired) electrons. The molecule has 1 unspecified atom stereocenters. The van der Waals surface area contributed by atoms with Crippen molar-refractivity contribution in [2.45, 2.75) is 19.4 Å². The van der Waals surface area contributed by atoms with E-state index in [0.717, 1.165) is 5.56 Å². The third kappa shape index (κ3) is 3.85. The molecule has 0 spiro atoms. The van der Waals surface area contributed by atoms with E-state index in [-0.39, 0.29) is 24.3 Å². The molecule has 1 aromatic rings. The fourth-order valence-corrected chi connectivity index (χ4v) is 1.43. The van der Waals surface area contributed by atoms with Gasteiger partial charge in [-0.1, -0.05) is 18.2 Å². The van der Waals surface area contributed by atoms with Crippen LogP contribution in [0.4, 0.5) is 5.69 Å². The number of likely N-dealkylation sites (N-methyl/N-ethyl adjacent to an activating group) is 2. The Morgan fingerprint density at radius 2 is 1.89 bits per heavy atom. The van der Waals surface area contributed by atoms with Crippen LogP contribution in [0.5, 0.6) is 0 Å². The number of amides is 2. The number of rotatable bonds is 5. The normalized spacial score (nSPS) is 11.7. The first-order valence-corrected chi connectivity index (χ1v) is 5.85. The first kappa shape index (κ1) is 14.2. The van der Waals surface area contributed by atoms with Crippen LogP contribution in [0, 0.1) is 0 Å². The molecule has 0 aliphatic heterocycles. The van der Waals surface area contributed by atoms with Crippen molar-refractivity contribution < 1.29 is 9.59 Å². The molecule has 0 aliphatic carbocycles. The fourth-order valence-electron chi connectivity index (χ4n) is 1.43. The average Bonchev–Trinajstić information content (AvgIpc) is 2.39. The maximum absolute atomic E-state index is 11.8. The van der Waals surface area contributed by atoms with Crippen molar-refractivity contribution in [3.63, 3.8) is 0 Å². The zero-order chi connectivity index (χ0) is 13.5. The highest BCUT2D eigenvalue weighted by atomic mass is 16.2. The van der Waals surface area contributed by atoms with Gasteiger partial charge in [0.1, 0.15) is 0 Å². The van der Waals surface area contributed by atoms with E-state index in [1.54, 1.807) is 27.1 Å². The van der Waals surface area contributed by atoms with Gasteiger partial charge in [-0.05, 0) is 25.6 Å². The van der Waals surface area contributed by atoms with Crippen molar-refractivity contribution in [3.05, 3.63) is 29.8 Å². The summed E-state index contributed by atoms with van der Waals surface area (Å²) in [5.41, 5.74) is 1.47. The van der Waals surface area contributed by atoms with Crippen LogP contribution in [-0.2, 0) is 16.0 Å². The fraction of sp³-hybridized carbons (Fsp3) is 0.385. The summed E-state index contributed by atoms with van der Waals surface area (Å²) >= 11 is 0. The van der Waals surface area contributed by atoms with Crippen molar-refractivity contribution in [2.24, 2.45) is 0 Å². The topological polar surface area (TPSA) is 70.2 Å². The van der Waals surface area contributed by atoms with Crippen LogP contribution in [0.15, 0.2) is 24.3 Å². The summed E-state index contributed by atoms with van der Waals surface area (Å²) in [6.07, 6.45) is 0.251. The molecule has 98 valence electrons. The van der Waals surface area contributed by atoms with Gasteiger partial charge in [0.2, 0.25) is 11.8 Å². The third-order valence-corrected chi connectivity index (χ3v) is 2.73. The molecule has 2 amide bonds. The molecule has 1 aromatic carbocycles. The highest BCUT2D eigenvalue weighted by Gasteiger charge is 2.13. The van der Waals surface area contributed by atoms with E-state index in [2.05, 4.69) is 16.0 Å². The predicted octanol–water partition coefficient (Wildman–Crippen LogP) is 0.521. The minimum absolute atomic E-state index is 0.0848. The number of nitrogens with one attached hydrogen (secondary N) is 3. The number of benzene rings is 1. The number of carbonyl (C=O) groups excluding carboxylic acids is 2. The van der Waals surface area contributed by atoms with Crippen LogP contribution in [-0.4, -0.2) is 32.0 Å². The maximum atomic E-state index is 11.8. The minimum atomic E-state index is -0.280. The monoisotopic (exact) mass is 249 g/mol. The molecule has 0 saturated carbocycles. The first-order valence-electron chi connectivity index (χ1n) is 5.85. The quantitative estimate of drug-likeness (QED) is 0.712. The molecule has 5 nitrogen and oxygen atoms in total. The summed E-state index contributed by atoms with van der Waals surface area (Å²) in [6.45, 7) is 1.77. The van der Waals surface area contributed by atoms with Gasteiger partial charge in [0.05, 0.1) is 12.5 Å². The Labute approximate surface area is 107 Å². The Morgan fingerprint density at radius 3 is 2.50 bits per heavy atom. The molecule has 0 aromatic heterocycles. The lowest BCUT2D eigenvalue weighted by molar-refractivity contribution is -0.120. The Hall–Kier alpha value is -1.88. The molecule has 0 bridgehead atoms. The van der Waals surface area contributed by atoms with Gasteiger partial charge in [-0.25, -0.2) is 0 Å². The number of carbonyl (C=O) groups is 2. The maximum Gasteiger partial charge on any atom is 0.241 e. The molecule has 0 heterocycles. The van der Waals surface area contributed by atoms with Crippen LogP contribution in [0.25, 0.3) is 0 Å². The Balaban J connectivity index is 2.82. The van der Waals surface area contributed by atoms with Crippen LogP contribution >= 0.6 is 0 Å². The summed E-state index contributed by atoms with van der Waals surface area (Å²) in [5, 5.41) is 8.24. The van der Waals surface area contributed by atoms with Gasteiger partial charge in [-0.3, -0.25) is 9.59 Å². The van der Waals surface area contributed by atoms with Crippen molar-refractivity contribution in [1.82, 2.24) is 10.6 Å². The highest BCUT2D eigenvalue weighted by Crippen LogP contribution is 2.15. The van der Waals surface area contributed by atoms with Gasteiger partial charge in [0, 0.05) is 12.7 Å². The summed E-state index contributed by atoms with van der Waals surface area (Å²) < 4.78 is 0. The number of para-hydroxylation sites is 1. The second-order valence-corrected chi connectivity index (χ2v) is 4.01. The van der Waals surface area contributed by atoms with E-state index < -0.39 is 0 Å². The highest BCUT2D eigenvalue weighted by molar-refractivity contribution is 5.95. The molecule has 18 heavy (non-hydrogen) atoms. The molecule has 0 saturated heterocycles. The van der Waals surface area contributed by atoms with E-state index in [0.29, 0.717) is 5.69 Å². The van der Waals surface area contributed by atoms with Gasteiger partial charge in [-0.2, -0.15) is 0 Å². The van der Waals surface area contributed by atoms with Gasteiger partial charge < -0.3 is 16.0 Å². The second-order valence-electron chi connectivity index (χ2n) is 4.01. The zero-order valence-corrected chi connectivity index (χ0v) is 10.9. The third-order valence-electron chi connectivity index (χ3n) is 2.73. The Morgan fingerprint density at radius 1 is 1.22 bits per heavy atom. The Kier molecular flexibility index (Phi) is 5.32. The van der Waals surface area contributed by atoms with Crippen molar-refractivity contribution in [1.29, 1.82) is 0 Å². The summed E-state index contributed by atoms with van der Waals surface area (Å²) in [5.74, 6) is -0.208. The van der Waals surface area contributed by atoms with E-state index in [4.69, 9.17) is 0 Å². The van der Waals surface area contributed by atoms with Crippen molar-refractivity contribution in [2.75, 3.05) is 19.4 Å². The number of hydrogen-bond donors (Lipinski definition) is 3. The van der Waals surface area contributed by atoms with Crippen LogP contribution in [0.2, 0.25) is 0 Å². The average molecular weight is 249 g/mol. The molecule has 0 fully saturated rings. The molecular formula is C13H19N3O2. The van der Waals surface area contributed by atoms with Crippen LogP contribution in [0.1, 0.15) is 12.5 Å². The predicted molar refractivity (Wildman–Crippen MR) is 71.4 cm³/mol. The standard InChI is InChI=1S/C13H19N3O2/c1-9(14-2)13(18)16-11-7-5-4-6-10(11)8-12(17)15-3/h4-7,9,14H,8H2,1-3H3,(H,15,17)(H,16,18). The Bertz CT molecular complexity index is 432. The molecule has 1 rings (SSSR count). The van der Waals surface area contributed by atoms with Gasteiger partial charge in [0.25, 0.3) is 0 Å². The smallest absolute Gasteiger partial charge is 0.241 e. The van der Waals surface area contributed by atoms with Crippen molar-refractivity contribution in [3.8, 4) is 0 Å². The van der Waals surface area contributed by atoms with E-state index in [1.165, 1.54) is 0 Å². The van der Waals surface area contributed by atoms with Crippen molar-refractivity contribution >= 4 is 17.5 Å². The summed E-state index contributed by atoms with van der Waals surface area (Å²) in [6, 6.07) is 7.01. The van der Waals surface area contributed by atoms with Gasteiger partial charge in [0.15, 0.2) is 0 Å². The largest absolute Gasteiger partial charge is 0.359 e. The summed E-state index contributed by atoms with van der Waals surface area (Å²) in [7, 11) is 3.31. The lowest BCUT2D eigenvalue weighted by Gasteiger charge is -2.14. The molecule has 1 atom stereocenters. The number of anilines is 1. The lowest BCUT2D eigenvalue weighted by atomic mass is 10.1. The SMILES string of the molecule is CNC(=O)Cc1ccccc1NC(=O)C(C)NC. The van der Waals surface area contributed by atoms with E-state index in [9.17, 15) is 9.59 Å². The molecule has 3 N–H and O–H groups in total. The molecular weight excluding hydrogens is 230 g/mol. The lowest BCUT2D eigenvalue weighted by Crippen LogP contribution is -2.35. The first-order chi connectivity index (χ1) is 8.58. The van der Waals surface area contributed by atoms with Crippen LogP contribution < -0.4 is 16.0 Å². The summed E-state index contributed by atoms with van der Waals surface area (Å²) in [4.78, 5) is 23.1. The van der Waals surface area contributed by atoms with Gasteiger partial charge in [-0.15, -0.1) is 0 Å². The second kappa shape index (κ2) is 6.76.